The van der Waals surface area contributed by atoms with Crippen LogP contribution in [-0.2, 0) is 16.1 Å². The fraction of sp³-hybridized carbons (Fsp3) is 0.400. The molecule has 122 valence electrons. The zero-order chi connectivity index (χ0) is 16.2. The third-order valence-corrected chi connectivity index (χ3v) is 3.54. The quantitative estimate of drug-likeness (QED) is 0.885. The van der Waals surface area contributed by atoms with E-state index in [1.165, 1.54) is 24.3 Å². The van der Waals surface area contributed by atoms with Crippen molar-refractivity contribution in [3.8, 4) is 11.5 Å². The van der Waals surface area contributed by atoms with Crippen molar-refractivity contribution in [2.45, 2.75) is 25.5 Å². The Morgan fingerprint density at radius 3 is 2.87 bits per heavy atom. The van der Waals surface area contributed by atoms with Crippen LogP contribution in [0.15, 0.2) is 33.5 Å². The van der Waals surface area contributed by atoms with Gasteiger partial charge in [0.05, 0.1) is 6.10 Å². The lowest BCUT2D eigenvalue weighted by molar-refractivity contribution is -0.122. The lowest BCUT2D eigenvalue weighted by Crippen LogP contribution is -2.36. The first-order valence-corrected chi connectivity index (χ1v) is 7.34. The highest BCUT2D eigenvalue weighted by Gasteiger charge is 2.17. The van der Waals surface area contributed by atoms with Gasteiger partial charge in [-0.25, -0.2) is 9.18 Å². The summed E-state index contributed by atoms with van der Waals surface area (Å²) in [5.74, 6) is -1.44. The first-order chi connectivity index (χ1) is 11.1. The van der Waals surface area contributed by atoms with Crippen molar-refractivity contribution in [3.05, 3.63) is 40.6 Å². The van der Waals surface area contributed by atoms with E-state index in [0.717, 1.165) is 17.5 Å². The summed E-state index contributed by atoms with van der Waals surface area (Å²) in [4.78, 5) is 23.6. The standard InChI is InChI=1S/C15H16FN3O4/c16-11-5-3-10(4-6-11)14-18-19(15(21)23-14)9-13(20)17-8-12-2-1-7-22-12/h3-6,12H,1-2,7-9H2,(H,17,20)/t12-/m1/s1. The molecule has 23 heavy (non-hydrogen) atoms. The molecule has 3 rings (SSSR count). The Bertz CT molecular complexity index is 732. The van der Waals surface area contributed by atoms with Gasteiger partial charge in [0.25, 0.3) is 0 Å². The summed E-state index contributed by atoms with van der Waals surface area (Å²) in [5, 5.41) is 6.65. The van der Waals surface area contributed by atoms with Crippen LogP contribution in [0.4, 0.5) is 4.39 Å². The molecular formula is C15H16FN3O4. The number of nitrogens with zero attached hydrogens (tertiary/aromatic N) is 2. The third kappa shape index (κ3) is 3.84. The molecule has 0 radical (unpaired) electrons. The number of benzene rings is 1. The molecule has 1 aromatic carbocycles. The van der Waals surface area contributed by atoms with Crippen LogP contribution in [0.3, 0.4) is 0 Å². The number of rotatable bonds is 5. The van der Waals surface area contributed by atoms with Crippen molar-refractivity contribution in [1.29, 1.82) is 0 Å². The zero-order valence-electron chi connectivity index (χ0n) is 12.3. The maximum Gasteiger partial charge on any atom is 0.437 e. The molecule has 1 aliphatic heterocycles. The Labute approximate surface area is 131 Å². The number of ether oxygens (including phenoxy) is 1. The van der Waals surface area contributed by atoms with Crippen LogP contribution in [0.1, 0.15) is 12.8 Å². The van der Waals surface area contributed by atoms with Gasteiger partial charge in [-0.2, -0.15) is 4.68 Å². The molecule has 0 unspecified atom stereocenters. The Balaban J connectivity index is 1.62. The van der Waals surface area contributed by atoms with Crippen molar-refractivity contribution < 1.29 is 18.3 Å². The Hall–Kier alpha value is -2.48. The van der Waals surface area contributed by atoms with Gasteiger partial charge in [0.2, 0.25) is 11.8 Å². The van der Waals surface area contributed by atoms with E-state index < -0.39 is 11.6 Å². The summed E-state index contributed by atoms with van der Waals surface area (Å²) in [6.45, 7) is 0.886. The molecular weight excluding hydrogens is 305 g/mol. The van der Waals surface area contributed by atoms with Crippen molar-refractivity contribution in [2.75, 3.05) is 13.2 Å². The number of hydrogen-bond donors (Lipinski definition) is 1. The molecule has 8 heteroatoms. The molecule has 1 amide bonds. The summed E-state index contributed by atoms with van der Waals surface area (Å²) in [7, 11) is 0. The van der Waals surface area contributed by atoms with Crippen LogP contribution in [0.25, 0.3) is 11.5 Å². The van der Waals surface area contributed by atoms with Gasteiger partial charge in [0.1, 0.15) is 12.4 Å². The van der Waals surface area contributed by atoms with Crippen LogP contribution in [0, 0.1) is 5.82 Å². The maximum absolute atomic E-state index is 12.9. The molecule has 1 atom stereocenters. The zero-order valence-corrected chi connectivity index (χ0v) is 12.3. The minimum absolute atomic E-state index is 0.0303. The predicted molar refractivity (Wildman–Crippen MR) is 78.1 cm³/mol. The van der Waals surface area contributed by atoms with E-state index in [1.54, 1.807) is 0 Å². The minimum atomic E-state index is -0.739. The van der Waals surface area contributed by atoms with E-state index >= 15 is 0 Å². The molecule has 0 saturated carbocycles. The van der Waals surface area contributed by atoms with Crippen LogP contribution in [0.5, 0.6) is 0 Å². The van der Waals surface area contributed by atoms with Crippen molar-refractivity contribution in [1.82, 2.24) is 15.1 Å². The van der Waals surface area contributed by atoms with Crippen LogP contribution >= 0.6 is 0 Å². The van der Waals surface area contributed by atoms with Crippen molar-refractivity contribution in [2.24, 2.45) is 0 Å². The van der Waals surface area contributed by atoms with Gasteiger partial charge in [-0.15, -0.1) is 5.10 Å². The smallest absolute Gasteiger partial charge is 0.388 e. The van der Waals surface area contributed by atoms with E-state index in [1.807, 2.05) is 0 Å². The Morgan fingerprint density at radius 2 is 2.17 bits per heavy atom. The Morgan fingerprint density at radius 1 is 1.39 bits per heavy atom. The first kappa shape index (κ1) is 15.4. The summed E-state index contributed by atoms with van der Waals surface area (Å²) in [5.41, 5.74) is 0.460. The van der Waals surface area contributed by atoms with Crippen molar-refractivity contribution in [3.63, 3.8) is 0 Å². The second-order valence-electron chi connectivity index (χ2n) is 5.28. The van der Waals surface area contributed by atoms with E-state index in [4.69, 9.17) is 9.15 Å². The first-order valence-electron chi connectivity index (χ1n) is 7.34. The predicted octanol–water partition coefficient (Wildman–Crippen LogP) is 0.938. The SMILES string of the molecule is O=C(Cn1nc(-c2ccc(F)cc2)oc1=O)NC[C@H]1CCCO1. The number of carbonyl (C=O) groups is 1. The van der Waals surface area contributed by atoms with E-state index in [2.05, 4.69) is 10.4 Å². The van der Waals surface area contributed by atoms with Gasteiger partial charge in [-0.3, -0.25) is 4.79 Å². The fourth-order valence-corrected chi connectivity index (χ4v) is 2.34. The van der Waals surface area contributed by atoms with E-state index in [-0.39, 0.29) is 24.4 Å². The number of hydrogen-bond acceptors (Lipinski definition) is 5. The van der Waals surface area contributed by atoms with E-state index in [9.17, 15) is 14.0 Å². The summed E-state index contributed by atoms with van der Waals surface area (Å²) < 4.78 is 24.2. The normalized spacial score (nSPS) is 17.3. The van der Waals surface area contributed by atoms with Crippen LogP contribution < -0.4 is 11.1 Å². The van der Waals surface area contributed by atoms with Crippen LogP contribution in [0.2, 0.25) is 0 Å². The molecule has 0 bridgehead atoms. The molecule has 1 fully saturated rings. The van der Waals surface area contributed by atoms with Gasteiger partial charge in [0, 0.05) is 18.7 Å². The minimum Gasteiger partial charge on any atom is -0.388 e. The average molecular weight is 321 g/mol. The molecule has 1 saturated heterocycles. The van der Waals surface area contributed by atoms with Gasteiger partial charge in [-0.1, -0.05) is 0 Å². The third-order valence-electron chi connectivity index (χ3n) is 3.54. The molecule has 0 spiro atoms. The van der Waals surface area contributed by atoms with E-state index in [0.29, 0.717) is 18.7 Å². The molecule has 1 aliphatic rings. The molecule has 2 heterocycles. The van der Waals surface area contributed by atoms with Gasteiger partial charge < -0.3 is 14.5 Å². The maximum atomic E-state index is 12.9. The second kappa shape index (κ2) is 6.74. The topological polar surface area (TPSA) is 86.4 Å². The average Bonchev–Trinajstić information content (AvgIpc) is 3.17. The van der Waals surface area contributed by atoms with Gasteiger partial charge in [0.15, 0.2) is 0 Å². The summed E-state index contributed by atoms with van der Waals surface area (Å²) in [6.07, 6.45) is 1.94. The highest BCUT2D eigenvalue weighted by Crippen LogP contribution is 2.15. The Kier molecular flexibility index (Phi) is 4.52. The molecule has 1 aromatic heterocycles. The lowest BCUT2D eigenvalue weighted by Gasteiger charge is -2.10. The highest BCUT2D eigenvalue weighted by atomic mass is 19.1. The lowest BCUT2D eigenvalue weighted by atomic mass is 10.2. The number of amides is 1. The van der Waals surface area contributed by atoms with Crippen LogP contribution in [-0.4, -0.2) is 34.9 Å². The molecule has 1 N–H and O–H groups in total. The van der Waals surface area contributed by atoms with Crippen molar-refractivity contribution >= 4 is 5.91 Å². The number of carbonyl (C=O) groups excluding carboxylic acids is 1. The number of aromatic nitrogens is 2. The fourth-order valence-electron chi connectivity index (χ4n) is 2.34. The molecule has 7 nitrogen and oxygen atoms in total. The van der Waals surface area contributed by atoms with Gasteiger partial charge >= 0.3 is 5.76 Å². The monoisotopic (exact) mass is 321 g/mol. The molecule has 0 aliphatic carbocycles. The summed E-state index contributed by atoms with van der Waals surface area (Å²) in [6, 6.07) is 5.37. The molecule has 2 aromatic rings. The number of halogens is 1. The second-order valence-corrected chi connectivity index (χ2v) is 5.28. The highest BCUT2D eigenvalue weighted by molar-refractivity contribution is 5.75. The number of nitrogens with one attached hydrogen (secondary N) is 1. The van der Waals surface area contributed by atoms with Gasteiger partial charge in [-0.05, 0) is 37.1 Å². The largest absolute Gasteiger partial charge is 0.437 e. The summed E-state index contributed by atoms with van der Waals surface area (Å²) >= 11 is 0.